The molecule has 0 spiro atoms. The molecule has 2 amide bonds. The van der Waals surface area contributed by atoms with Crippen LogP contribution in [0.3, 0.4) is 0 Å². The second-order valence-electron chi connectivity index (χ2n) is 4.99. The molecule has 1 heterocycles. The van der Waals surface area contributed by atoms with Gasteiger partial charge in [0.25, 0.3) is 0 Å². The van der Waals surface area contributed by atoms with Gasteiger partial charge in [0, 0.05) is 12.1 Å². The molecule has 0 saturated carbocycles. The molecular formula is C11H20N2O4. The number of amides is 2. The Balaban J connectivity index is 2.71. The first kappa shape index (κ1) is 13.8. The minimum atomic E-state index is -0.656. The summed E-state index contributed by atoms with van der Waals surface area (Å²) in [5.74, 6) is -0.450. The lowest BCUT2D eigenvalue weighted by Crippen LogP contribution is -2.58. The van der Waals surface area contributed by atoms with Crippen LogP contribution in [-0.4, -0.2) is 55.3 Å². The summed E-state index contributed by atoms with van der Waals surface area (Å²) in [5.41, 5.74) is -0.337. The molecule has 0 aromatic heterocycles. The van der Waals surface area contributed by atoms with Gasteiger partial charge < -0.3 is 19.7 Å². The molecule has 17 heavy (non-hydrogen) atoms. The zero-order chi connectivity index (χ0) is 13.1. The smallest absolute Gasteiger partial charge is 0.331 e. The van der Waals surface area contributed by atoms with E-state index in [2.05, 4.69) is 10.1 Å². The van der Waals surface area contributed by atoms with Crippen LogP contribution in [0.4, 0.5) is 4.79 Å². The first-order valence-electron chi connectivity index (χ1n) is 5.59. The van der Waals surface area contributed by atoms with Crippen molar-refractivity contribution in [2.75, 3.05) is 26.9 Å². The fourth-order valence-corrected chi connectivity index (χ4v) is 1.57. The van der Waals surface area contributed by atoms with E-state index >= 15 is 0 Å². The summed E-state index contributed by atoms with van der Waals surface area (Å²) in [6.07, 6.45) is 0. The number of urea groups is 1. The Morgan fingerprint density at radius 2 is 2.06 bits per heavy atom. The fraction of sp³-hybridized carbons (Fsp3) is 0.818. The predicted molar refractivity (Wildman–Crippen MR) is 61.6 cm³/mol. The maximum Gasteiger partial charge on any atom is 0.331 e. The van der Waals surface area contributed by atoms with Crippen LogP contribution in [0.5, 0.6) is 0 Å². The lowest BCUT2D eigenvalue weighted by Gasteiger charge is -2.35. The van der Waals surface area contributed by atoms with Gasteiger partial charge in [-0.15, -0.1) is 0 Å². The van der Waals surface area contributed by atoms with Crippen molar-refractivity contribution in [2.45, 2.75) is 32.4 Å². The lowest BCUT2D eigenvalue weighted by molar-refractivity contribution is -0.151. The van der Waals surface area contributed by atoms with E-state index in [1.165, 1.54) is 12.0 Å². The normalized spacial score (nSPS) is 20.9. The minimum Gasteiger partial charge on any atom is -0.467 e. The maximum atomic E-state index is 12.0. The van der Waals surface area contributed by atoms with E-state index < -0.39 is 12.0 Å². The number of hydrogen-bond donors (Lipinski definition) is 1. The third kappa shape index (κ3) is 3.89. The molecule has 1 rings (SSSR count). The SMILES string of the molecule is COC(=O)C1COCCN1C(=O)NC(C)(C)C. The molecule has 1 N–H and O–H groups in total. The third-order valence-corrected chi connectivity index (χ3v) is 2.34. The van der Waals surface area contributed by atoms with E-state index in [0.717, 1.165) is 0 Å². The molecule has 0 aromatic carbocycles. The van der Waals surface area contributed by atoms with Crippen LogP contribution in [0.2, 0.25) is 0 Å². The Morgan fingerprint density at radius 1 is 1.41 bits per heavy atom. The molecule has 0 bridgehead atoms. The monoisotopic (exact) mass is 244 g/mol. The molecule has 0 radical (unpaired) electrons. The van der Waals surface area contributed by atoms with Crippen molar-refractivity contribution in [3.63, 3.8) is 0 Å². The third-order valence-electron chi connectivity index (χ3n) is 2.34. The van der Waals surface area contributed by atoms with Crippen molar-refractivity contribution < 1.29 is 19.1 Å². The Hall–Kier alpha value is -1.30. The number of nitrogens with zero attached hydrogens (tertiary/aromatic N) is 1. The summed E-state index contributed by atoms with van der Waals surface area (Å²) in [4.78, 5) is 25.0. The average molecular weight is 244 g/mol. The zero-order valence-corrected chi connectivity index (χ0v) is 10.8. The molecule has 1 aliphatic rings. The van der Waals surface area contributed by atoms with Crippen molar-refractivity contribution in [3.8, 4) is 0 Å². The molecule has 6 heteroatoms. The van der Waals surface area contributed by atoms with Crippen molar-refractivity contribution in [2.24, 2.45) is 0 Å². The van der Waals surface area contributed by atoms with E-state index in [1.54, 1.807) is 0 Å². The van der Waals surface area contributed by atoms with E-state index in [4.69, 9.17) is 4.74 Å². The van der Waals surface area contributed by atoms with E-state index in [1.807, 2.05) is 20.8 Å². The lowest BCUT2D eigenvalue weighted by atomic mass is 10.1. The fourth-order valence-electron chi connectivity index (χ4n) is 1.57. The second kappa shape index (κ2) is 5.35. The summed E-state index contributed by atoms with van der Waals surface area (Å²) in [5, 5.41) is 2.82. The van der Waals surface area contributed by atoms with Crippen LogP contribution in [0.1, 0.15) is 20.8 Å². The quantitative estimate of drug-likeness (QED) is 0.677. The van der Waals surface area contributed by atoms with Gasteiger partial charge in [0.15, 0.2) is 6.04 Å². The van der Waals surface area contributed by atoms with Crippen molar-refractivity contribution >= 4 is 12.0 Å². The molecule has 1 saturated heterocycles. The number of ether oxygens (including phenoxy) is 2. The van der Waals surface area contributed by atoms with E-state index in [0.29, 0.717) is 13.2 Å². The highest BCUT2D eigenvalue weighted by atomic mass is 16.5. The summed E-state index contributed by atoms with van der Waals surface area (Å²) in [6, 6.07) is -0.924. The molecule has 0 aliphatic carbocycles. The first-order valence-corrected chi connectivity index (χ1v) is 5.59. The summed E-state index contributed by atoms with van der Waals surface area (Å²) >= 11 is 0. The van der Waals surface area contributed by atoms with Crippen LogP contribution in [0.15, 0.2) is 0 Å². The van der Waals surface area contributed by atoms with Crippen LogP contribution >= 0.6 is 0 Å². The van der Waals surface area contributed by atoms with Gasteiger partial charge in [0.05, 0.1) is 20.3 Å². The average Bonchev–Trinajstić information content (AvgIpc) is 2.25. The van der Waals surface area contributed by atoms with Gasteiger partial charge in [-0.2, -0.15) is 0 Å². The highest BCUT2D eigenvalue weighted by molar-refractivity contribution is 5.84. The van der Waals surface area contributed by atoms with Crippen molar-refractivity contribution in [1.82, 2.24) is 10.2 Å². The molecule has 6 nitrogen and oxygen atoms in total. The van der Waals surface area contributed by atoms with Gasteiger partial charge in [-0.3, -0.25) is 0 Å². The number of carbonyl (C=O) groups is 2. The molecule has 1 unspecified atom stereocenters. The number of morpholine rings is 1. The van der Waals surface area contributed by atoms with Crippen molar-refractivity contribution in [1.29, 1.82) is 0 Å². The standard InChI is InChI=1S/C11H20N2O4/c1-11(2,3)12-10(15)13-5-6-17-7-8(13)9(14)16-4/h8H,5-7H2,1-4H3,(H,12,15). The van der Waals surface area contributed by atoms with Crippen LogP contribution in [0, 0.1) is 0 Å². The molecule has 1 aliphatic heterocycles. The van der Waals surface area contributed by atoms with Crippen LogP contribution in [0.25, 0.3) is 0 Å². The zero-order valence-electron chi connectivity index (χ0n) is 10.8. The second-order valence-corrected chi connectivity index (χ2v) is 4.99. The van der Waals surface area contributed by atoms with Gasteiger partial charge >= 0.3 is 12.0 Å². The Labute approximate surface area is 101 Å². The first-order chi connectivity index (χ1) is 7.85. The number of hydrogen-bond acceptors (Lipinski definition) is 4. The molecule has 1 atom stereocenters. The summed E-state index contributed by atoms with van der Waals surface area (Å²) in [7, 11) is 1.30. The van der Waals surface area contributed by atoms with Gasteiger partial charge in [-0.05, 0) is 20.8 Å². The number of carbonyl (C=O) groups excluding carboxylic acids is 2. The maximum absolute atomic E-state index is 12.0. The molecule has 98 valence electrons. The summed E-state index contributed by atoms with van der Waals surface area (Å²) < 4.78 is 9.85. The van der Waals surface area contributed by atoms with Gasteiger partial charge in [0.1, 0.15) is 0 Å². The summed E-state index contributed by atoms with van der Waals surface area (Å²) in [6.45, 7) is 6.67. The van der Waals surface area contributed by atoms with Crippen LogP contribution < -0.4 is 5.32 Å². The topological polar surface area (TPSA) is 67.9 Å². The largest absolute Gasteiger partial charge is 0.467 e. The minimum absolute atomic E-state index is 0.185. The number of esters is 1. The Bertz CT molecular complexity index is 298. The Morgan fingerprint density at radius 3 is 2.59 bits per heavy atom. The molecule has 0 aromatic rings. The number of rotatable bonds is 1. The predicted octanol–water partition coefficient (Wildman–Crippen LogP) is 0.368. The Kier molecular flexibility index (Phi) is 4.34. The van der Waals surface area contributed by atoms with Gasteiger partial charge in [-0.25, -0.2) is 9.59 Å². The highest BCUT2D eigenvalue weighted by Gasteiger charge is 2.34. The molecule has 1 fully saturated rings. The number of methoxy groups -OCH3 is 1. The molecular weight excluding hydrogens is 224 g/mol. The number of nitrogens with one attached hydrogen (secondary N) is 1. The van der Waals surface area contributed by atoms with Crippen molar-refractivity contribution in [3.05, 3.63) is 0 Å². The van der Waals surface area contributed by atoms with Crippen LogP contribution in [-0.2, 0) is 14.3 Å². The highest BCUT2D eigenvalue weighted by Crippen LogP contribution is 2.10. The van der Waals surface area contributed by atoms with E-state index in [-0.39, 0.29) is 18.2 Å². The van der Waals surface area contributed by atoms with Gasteiger partial charge in [0.2, 0.25) is 0 Å². The van der Waals surface area contributed by atoms with E-state index in [9.17, 15) is 9.59 Å². The van der Waals surface area contributed by atoms with Gasteiger partial charge in [-0.1, -0.05) is 0 Å².